The third-order valence-electron chi connectivity index (χ3n) is 8.38. The van der Waals surface area contributed by atoms with Crippen molar-refractivity contribution in [1.29, 1.82) is 0 Å². The van der Waals surface area contributed by atoms with Crippen LogP contribution < -0.4 is 11.5 Å². The van der Waals surface area contributed by atoms with E-state index >= 15 is 0 Å². The molecule has 0 radical (unpaired) electrons. The number of nitrogens with zero attached hydrogens (tertiary/aromatic N) is 2. The number of benzene rings is 1. The SMILES string of the molecule is CCOC(=O)C(=O)N(Cc1cc2c(cc1C)C(C)(C)CCC2(C)C)CC1CCC(CN=C(N)N)CC1. The standard InChI is InChI=1S/C29H46N4O3/c1-7-36-26(35)25(34)33(17-21-10-8-20(9-11-21)16-32-27(30)31)18-22-15-24-23(14-19(22)2)28(3,4)12-13-29(24,5)6/h14-15,20-21H,7-13,16-18H2,1-6H3,(H4,30,31,32). The largest absolute Gasteiger partial charge is 0.459 e. The number of ether oxygens (including phenoxy) is 1. The number of nitrogens with two attached hydrogens (primary N) is 2. The predicted octanol–water partition coefficient (Wildman–Crippen LogP) is 4.32. The molecule has 0 heterocycles. The van der Waals surface area contributed by atoms with Gasteiger partial charge in [0.25, 0.3) is 0 Å². The normalized spacial score (nSPS) is 22.3. The summed E-state index contributed by atoms with van der Waals surface area (Å²) in [4.78, 5) is 31.6. The number of amides is 1. The van der Waals surface area contributed by atoms with Gasteiger partial charge in [-0.2, -0.15) is 0 Å². The fourth-order valence-electron chi connectivity index (χ4n) is 5.83. The van der Waals surface area contributed by atoms with Crippen molar-refractivity contribution in [2.45, 2.75) is 97.4 Å². The number of rotatable bonds is 7. The van der Waals surface area contributed by atoms with Gasteiger partial charge in [-0.15, -0.1) is 0 Å². The first-order chi connectivity index (χ1) is 16.8. The van der Waals surface area contributed by atoms with E-state index in [9.17, 15) is 9.59 Å². The molecule has 0 bridgehead atoms. The van der Waals surface area contributed by atoms with Crippen LogP contribution in [0.4, 0.5) is 0 Å². The van der Waals surface area contributed by atoms with E-state index in [0.29, 0.717) is 31.5 Å². The van der Waals surface area contributed by atoms with Crippen LogP contribution in [0.5, 0.6) is 0 Å². The second-order valence-electron chi connectivity index (χ2n) is 12.2. The summed E-state index contributed by atoms with van der Waals surface area (Å²) in [5.74, 6) is -0.374. The number of esters is 1. The van der Waals surface area contributed by atoms with Gasteiger partial charge in [0.05, 0.1) is 6.61 Å². The van der Waals surface area contributed by atoms with Gasteiger partial charge in [-0.25, -0.2) is 4.79 Å². The lowest BCUT2D eigenvalue weighted by molar-refractivity contribution is -0.160. The third-order valence-corrected chi connectivity index (χ3v) is 8.38. The maximum absolute atomic E-state index is 13.2. The molecule has 1 saturated carbocycles. The Hall–Kier alpha value is -2.57. The van der Waals surface area contributed by atoms with Crippen LogP contribution in [0.15, 0.2) is 17.1 Å². The number of carbonyl (C=O) groups is 2. The molecule has 2 aliphatic carbocycles. The molecule has 1 amide bonds. The molecule has 0 aliphatic heterocycles. The summed E-state index contributed by atoms with van der Waals surface area (Å²) >= 11 is 0. The van der Waals surface area contributed by atoms with Crippen LogP contribution in [-0.4, -0.2) is 42.4 Å². The van der Waals surface area contributed by atoms with Crippen molar-refractivity contribution in [3.05, 3.63) is 34.4 Å². The van der Waals surface area contributed by atoms with Gasteiger partial charge in [0, 0.05) is 19.6 Å². The van der Waals surface area contributed by atoms with E-state index in [2.05, 4.69) is 51.7 Å². The van der Waals surface area contributed by atoms with Crippen LogP contribution >= 0.6 is 0 Å². The molecule has 0 spiro atoms. The number of aryl methyl sites for hydroxylation is 1. The summed E-state index contributed by atoms with van der Waals surface area (Å²) in [7, 11) is 0. The Morgan fingerprint density at radius 2 is 1.56 bits per heavy atom. The monoisotopic (exact) mass is 498 g/mol. The zero-order valence-electron chi connectivity index (χ0n) is 23.2. The first-order valence-corrected chi connectivity index (χ1v) is 13.5. The lowest BCUT2D eigenvalue weighted by Gasteiger charge is -2.42. The highest BCUT2D eigenvalue weighted by atomic mass is 16.5. The van der Waals surface area contributed by atoms with Crippen molar-refractivity contribution in [3.63, 3.8) is 0 Å². The van der Waals surface area contributed by atoms with E-state index in [0.717, 1.165) is 44.1 Å². The molecule has 7 nitrogen and oxygen atoms in total. The van der Waals surface area contributed by atoms with Gasteiger partial charge in [-0.1, -0.05) is 39.8 Å². The molecule has 1 aromatic carbocycles. The van der Waals surface area contributed by atoms with E-state index in [-0.39, 0.29) is 23.4 Å². The summed E-state index contributed by atoms with van der Waals surface area (Å²) in [6.07, 6.45) is 6.30. The Morgan fingerprint density at radius 3 is 2.11 bits per heavy atom. The molecule has 200 valence electrons. The van der Waals surface area contributed by atoms with Gasteiger partial charge in [0.2, 0.25) is 0 Å². The Kier molecular flexibility index (Phi) is 8.73. The molecule has 3 rings (SSSR count). The minimum absolute atomic E-state index is 0.0804. The molecule has 2 aliphatic rings. The van der Waals surface area contributed by atoms with Crippen LogP contribution in [0.3, 0.4) is 0 Å². The molecule has 1 aromatic rings. The summed E-state index contributed by atoms with van der Waals surface area (Å²) in [5.41, 5.74) is 16.2. The first-order valence-electron chi connectivity index (χ1n) is 13.5. The van der Waals surface area contributed by atoms with E-state index in [1.54, 1.807) is 11.8 Å². The molecule has 7 heteroatoms. The summed E-state index contributed by atoms with van der Waals surface area (Å²) < 4.78 is 5.10. The van der Waals surface area contributed by atoms with Gasteiger partial charge in [0.1, 0.15) is 0 Å². The van der Waals surface area contributed by atoms with Crippen LogP contribution in [0.25, 0.3) is 0 Å². The smallest absolute Gasteiger partial charge is 0.397 e. The number of aliphatic imine (C=N–C) groups is 1. The molecule has 0 unspecified atom stereocenters. The van der Waals surface area contributed by atoms with Crippen molar-refractivity contribution < 1.29 is 14.3 Å². The van der Waals surface area contributed by atoms with E-state index < -0.39 is 11.9 Å². The van der Waals surface area contributed by atoms with Gasteiger partial charge < -0.3 is 21.1 Å². The van der Waals surface area contributed by atoms with E-state index in [1.165, 1.54) is 16.7 Å². The Balaban J connectivity index is 1.82. The Bertz CT molecular complexity index is 986. The summed E-state index contributed by atoms with van der Waals surface area (Å²) in [6.45, 7) is 14.9. The second kappa shape index (κ2) is 11.2. The molecule has 0 saturated heterocycles. The zero-order chi connectivity index (χ0) is 26.7. The quantitative estimate of drug-likeness (QED) is 0.252. The Labute approximate surface area is 217 Å². The lowest BCUT2D eigenvalue weighted by atomic mass is 9.62. The number of carbonyl (C=O) groups excluding carboxylic acids is 2. The molecular weight excluding hydrogens is 452 g/mol. The number of guanidine groups is 1. The highest BCUT2D eigenvalue weighted by Crippen LogP contribution is 2.46. The van der Waals surface area contributed by atoms with Crippen molar-refractivity contribution in [2.75, 3.05) is 19.7 Å². The van der Waals surface area contributed by atoms with Crippen LogP contribution in [-0.2, 0) is 31.7 Å². The van der Waals surface area contributed by atoms with Gasteiger partial charge in [0.15, 0.2) is 5.96 Å². The predicted molar refractivity (Wildman–Crippen MR) is 145 cm³/mol. The van der Waals surface area contributed by atoms with E-state index in [4.69, 9.17) is 16.2 Å². The van der Waals surface area contributed by atoms with Gasteiger partial charge >= 0.3 is 11.9 Å². The fraction of sp³-hybridized carbons (Fsp3) is 0.690. The minimum Gasteiger partial charge on any atom is -0.459 e. The van der Waals surface area contributed by atoms with Crippen LogP contribution in [0.2, 0.25) is 0 Å². The topological polar surface area (TPSA) is 111 Å². The third kappa shape index (κ3) is 6.60. The first kappa shape index (κ1) is 28.0. The summed E-state index contributed by atoms with van der Waals surface area (Å²) in [6, 6.07) is 4.61. The maximum Gasteiger partial charge on any atom is 0.397 e. The molecule has 1 fully saturated rings. The molecule has 0 atom stereocenters. The molecular formula is C29H46N4O3. The second-order valence-corrected chi connectivity index (χ2v) is 12.2. The van der Waals surface area contributed by atoms with Gasteiger partial charge in [-0.3, -0.25) is 9.79 Å². The average molecular weight is 499 g/mol. The zero-order valence-corrected chi connectivity index (χ0v) is 23.2. The molecule has 0 aromatic heterocycles. The fourth-order valence-corrected chi connectivity index (χ4v) is 5.83. The van der Waals surface area contributed by atoms with Crippen molar-refractivity contribution >= 4 is 17.8 Å². The van der Waals surface area contributed by atoms with Crippen molar-refractivity contribution in [1.82, 2.24) is 4.90 Å². The van der Waals surface area contributed by atoms with Gasteiger partial charge in [-0.05, 0) is 97.3 Å². The lowest BCUT2D eigenvalue weighted by Crippen LogP contribution is -2.41. The van der Waals surface area contributed by atoms with Crippen molar-refractivity contribution in [3.8, 4) is 0 Å². The van der Waals surface area contributed by atoms with E-state index in [1.807, 2.05) is 0 Å². The molecule has 4 N–H and O–H groups in total. The minimum atomic E-state index is -0.768. The summed E-state index contributed by atoms with van der Waals surface area (Å²) in [5, 5.41) is 0. The Morgan fingerprint density at radius 1 is 1.00 bits per heavy atom. The molecule has 36 heavy (non-hydrogen) atoms. The highest BCUT2D eigenvalue weighted by Gasteiger charge is 2.38. The van der Waals surface area contributed by atoms with Crippen molar-refractivity contribution in [2.24, 2.45) is 28.3 Å². The highest BCUT2D eigenvalue weighted by molar-refractivity contribution is 6.32. The average Bonchev–Trinajstić information content (AvgIpc) is 2.81. The van der Waals surface area contributed by atoms with Crippen LogP contribution in [0.1, 0.15) is 95.4 Å². The number of fused-ring (bicyclic) bond motifs is 1. The number of hydrogen-bond donors (Lipinski definition) is 2. The maximum atomic E-state index is 13.2. The van der Waals surface area contributed by atoms with Crippen LogP contribution in [0, 0.1) is 18.8 Å². The number of hydrogen-bond acceptors (Lipinski definition) is 4.